The predicted octanol–water partition coefficient (Wildman–Crippen LogP) is 3.47. The van der Waals surface area contributed by atoms with Crippen molar-refractivity contribution >= 4 is 11.6 Å². The van der Waals surface area contributed by atoms with Crippen molar-refractivity contribution in [2.24, 2.45) is 11.8 Å². The molecule has 2 N–H and O–H groups in total. The Balaban J connectivity index is 1.30. The molecule has 1 amide bonds. The van der Waals surface area contributed by atoms with Gasteiger partial charge in [0.05, 0.1) is 12.6 Å². The second-order valence-electron chi connectivity index (χ2n) is 7.75. The van der Waals surface area contributed by atoms with Gasteiger partial charge in [-0.3, -0.25) is 4.79 Å². The molecule has 0 radical (unpaired) electrons. The number of nitrogens with one attached hydrogen (secondary N) is 2. The van der Waals surface area contributed by atoms with Crippen LogP contribution in [0.1, 0.15) is 50.5 Å². The summed E-state index contributed by atoms with van der Waals surface area (Å²) in [4.78, 5) is 12.6. The Morgan fingerprint density at radius 1 is 1.21 bits per heavy atom. The van der Waals surface area contributed by atoms with Crippen LogP contribution in [0.5, 0.6) is 0 Å². The van der Waals surface area contributed by atoms with Crippen LogP contribution in [0.4, 0.5) is 5.69 Å². The minimum absolute atomic E-state index is 0.0344. The summed E-state index contributed by atoms with van der Waals surface area (Å²) in [5, 5.41) is 6.63. The van der Waals surface area contributed by atoms with Gasteiger partial charge in [0, 0.05) is 18.3 Å². The lowest BCUT2D eigenvalue weighted by molar-refractivity contribution is -0.117. The van der Waals surface area contributed by atoms with Gasteiger partial charge < -0.3 is 15.4 Å². The number of carbonyl (C=O) groups is 1. The molecule has 4 rings (SSSR count). The van der Waals surface area contributed by atoms with Gasteiger partial charge >= 0.3 is 0 Å². The average Bonchev–Trinajstić information content (AvgIpc) is 3.31. The highest BCUT2D eigenvalue weighted by Crippen LogP contribution is 2.33. The van der Waals surface area contributed by atoms with Crippen LogP contribution < -0.4 is 10.6 Å². The minimum Gasteiger partial charge on any atom is -0.376 e. The zero-order valence-electron chi connectivity index (χ0n) is 14.3. The van der Waals surface area contributed by atoms with Gasteiger partial charge in [0.25, 0.3) is 0 Å². The molecule has 3 unspecified atom stereocenters. The van der Waals surface area contributed by atoms with Crippen LogP contribution >= 0.6 is 0 Å². The summed E-state index contributed by atoms with van der Waals surface area (Å²) in [6.45, 7) is 1.50. The first kappa shape index (κ1) is 16.1. The standard InChI is InChI=1S/C20H28N2O2/c23-20(19-11-16-5-1-2-7-18(16)22-19)21-17-6-3-4-15(10-17)13-24-12-14-8-9-14/h3-4,6,10,14,16,18-19,22H,1-2,5,7-9,11-13H2,(H,21,23). The summed E-state index contributed by atoms with van der Waals surface area (Å²) < 4.78 is 5.74. The van der Waals surface area contributed by atoms with Crippen molar-refractivity contribution in [3.63, 3.8) is 0 Å². The number of hydrogen-bond acceptors (Lipinski definition) is 3. The number of benzene rings is 1. The number of anilines is 1. The van der Waals surface area contributed by atoms with Gasteiger partial charge in [-0.05, 0) is 61.6 Å². The molecule has 0 aromatic heterocycles. The van der Waals surface area contributed by atoms with Crippen molar-refractivity contribution in [3.8, 4) is 0 Å². The molecule has 1 heterocycles. The first-order chi connectivity index (χ1) is 11.8. The summed E-state index contributed by atoms with van der Waals surface area (Å²) in [6, 6.07) is 8.57. The SMILES string of the molecule is O=C(Nc1cccc(COCC2CC2)c1)C1CC2CCCCC2N1. The lowest BCUT2D eigenvalue weighted by Crippen LogP contribution is -2.39. The van der Waals surface area contributed by atoms with E-state index in [2.05, 4.69) is 16.7 Å². The van der Waals surface area contributed by atoms with Crippen LogP contribution in [0, 0.1) is 11.8 Å². The largest absolute Gasteiger partial charge is 0.376 e. The fourth-order valence-electron chi connectivity index (χ4n) is 4.12. The van der Waals surface area contributed by atoms with E-state index < -0.39 is 0 Å². The number of amides is 1. The molecule has 1 aromatic rings. The molecule has 2 aliphatic carbocycles. The molecule has 3 atom stereocenters. The average molecular weight is 328 g/mol. The maximum Gasteiger partial charge on any atom is 0.241 e. The summed E-state index contributed by atoms with van der Waals surface area (Å²) in [5.41, 5.74) is 2.01. The van der Waals surface area contributed by atoms with Gasteiger partial charge in [-0.2, -0.15) is 0 Å². The minimum atomic E-state index is -0.0344. The third-order valence-electron chi connectivity index (χ3n) is 5.69. The number of ether oxygens (including phenoxy) is 1. The number of fused-ring (bicyclic) bond motifs is 1. The first-order valence-electron chi connectivity index (χ1n) is 9.51. The molecular weight excluding hydrogens is 300 g/mol. The van der Waals surface area contributed by atoms with Crippen molar-refractivity contribution in [2.45, 2.75) is 63.6 Å². The maximum atomic E-state index is 12.6. The molecule has 4 nitrogen and oxygen atoms in total. The third-order valence-corrected chi connectivity index (χ3v) is 5.69. The number of hydrogen-bond donors (Lipinski definition) is 2. The summed E-state index contributed by atoms with van der Waals surface area (Å²) in [7, 11) is 0. The Morgan fingerprint density at radius 2 is 2.08 bits per heavy atom. The van der Waals surface area contributed by atoms with Crippen molar-refractivity contribution in [3.05, 3.63) is 29.8 Å². The van der Waals surface area contributed by atoms with Crippen molar-refractivity contribution in [2.75, 3.05) is 11.9 Å². The summed E-state index contributed by atoms with van der Waals surface area (Å²) >= 11 is 0. The normalized spacial score (nSPS) is 29.2. The quantitative estimate of drug-likeness (QED) is 0.841. The summed E-state index contributed by atoms with van der Waals surface area (Å²) in [5.74, 6) is 1.59. The Morgan fingerprint density at radius 3 is 2.92 bits per heavy atom. The van der Waals surface area contributed by atoms with Crippen LogP contribution in [0.3, 0.4) is 0 Å². The molecule has 0 bridgehead atoms. The van der Waals surface area contributed by atoms with E-state index in [1.807, 2.05) is 18.2 Å². The van der Waals surface area contributed by atoms with E-state index in [0.29, 0.717) is 18.6 Å². The van der Waals surface area contributed by atoms with Crippen molar-refractivity contribution < 1.29 is 9.53 Å². The Kier molecular flexibility index (Phi) is 4.86. The molecule has 24 heavy (non-hydrogen) atoms. The Labute approximate surface area is 144 Å². The van der Waals surface area contributed by atoms with Crippen LogP contribution in [0.25, 0.3) is 0 Å². The lowest BCUT2D eigenvalue weighted by Gasteiger charge is -2.24. The monoisotopic (exact) mass is 328 g/mol. The fraction of sp³-hybridized carbons (Fsp3) is 0.650. The van der Waals surface area contributed by atoms with Gasteiger partial charge in [0.15, 0.2) is 0 Å². The fourth-order valence-corrected chi connectivity index (χ4v) is 4.12. The van der Waals surface area contributed by atoms with Gasteiger partial charge in [-0.1, -0.05) is 25.0 Å². The highest BCUT2D eigenvalue weighted by molar-refractivity contribution is 5.95. The van der Waals surface area contributed by atoms with Crippen LogP contribution in [-0.2, 0) is 16.1 Å². The smallest absolute Gasteiger partial charge is 0.241 e. The van der Waals surface area contributed by atoms with E-state index in [1.54, 1.807) is 0 Å². The van der Waals surface area contributed by atoms with Crippen LogP contribution in [0.15, 0.2) is 24.3 Å². The Hall–Kier alpha value is -1.39. The molecule has 1 saturated heterocycles. The van der Waals surface area contributed by atoms with Gasteiger partial charge in [-0.25, -0.2) is 0 Å². The number of rotatable bonds is 6. The molecule has 1 aliphatic heterocycles. The van der Waals surface area contributed by atoms with E-state index >= 15 is 0 Å². The highest BCUT2D eigenvalue weighted by Gasteiger charge is 2.38. The topological polar surface area (TPSA) is 50.4 Å². The van der Waals surface area contributed by atoms with E-state index in [-0.39, 0.29) is 11.9 Å². The van der Waals surface area contributed by atoms with Crippen molar-refractivity contribution in [1.82, 2.24) is 5.32 Å². The Bertz CT molecular complexity index is 571. The lowest BCUT2D eigenvalue weighted by atomic mass is 9.85. The molecular formula is C20H28N2O2. The van der Waals surface area contributed by atoms with Gasteiger partial charge in [0.1, 0.15) is 0 Å². The second kappa shape index (κ2) is 7.24. The number of carbonyl (C=O) groups excluding carboxylic acids is 1. The molecule has 3 fully saturated rings. The molecule has 130 valence electrons. The van der Waals surface area contributed by atoms with Crippen molar-refractivity contribution in [1.29, 1.82) is 0 Å². The zero-order valence-corrected chi connectivity index (χ0v) is 14.3. The zero-order chi connectivity index (χ0) is 16.4. The molecule has 1 aromatic carbocycles. The molecule has 0 spiro atoms. The predicted molar refractivity (Wildman–Crippen MR) is 94.7 cm³/mol. The molecule has 3 aliphatic rings. The van der Waals surface area contributed by atoms with E-state index in [1.165, 1.54) is 38.5 Å². The maximum absolute atomic E-state index is 12.6. The van der Waals surface area contributed by atoms with E-state index in [0.717, 1.165) is 30.2 Å². The molecule has 4 heteroatoms. The molecule has 2 saturated carbocycles. The van der Waals surface area contributed by atoms with Gasteiger partial charge in [-0.15, -0.1) is 0 Å². The third kappa shape index (κ3) is 3.98. The van der Waals surface area contributed by atoms with Crippen LogP contribution in [0.2, 0.25) is 0 Å². The highest BCUT2D eigenvalue weighted by atomic mass is 16.5. The van der Waals surface area contributed by atoms with Gasteiger partial charge in [0.2, 0.25) is 5.91 Å². The van der Waals surface area contributed by atoms with Crippen LogP contribution in [-0.4, -0.2) is 24.6 Å². The van der Waals surface area contributed by atoms with E-state index in [9.17, 15) is 4.79 Å². The first-order valence-corrected chi connectivity index (χ1v) is 9.51. The second-order valence-corrected chi connectivity index (χ2v) is 7.75. The summed E-state index contributed by atoms with van der Waals surface area (Å²) in [6.07, 6.45) is 8.72. The van der Waals surface area contributed by atoms with E-state index in [4.69, 9.17) is 4.74 Å².